The Morgan fingerprint density at radius 3 is 2.07 bits per heavy atom. The highest BCUT2D eigenvalue weighted by Gasteiger charge is 2.37. The summed E-state index contributed by atoms with van der Waals surface area (Å²) in [5.74, 6) is 1.40. The molecule has 0 aliphatic carbocycles. The number of methoxy groups -OCH3 is 1. The SMILES string of the molecule is COc1ccc(CO[C@@H](CC[C@@H](C)CO[Si](C)(C)C(C)(C)C)[C@H](C)C(C)O)cc1. The Hall–Kier alpha value is -0.883. The fourth-order valence-electron chi connectivity index (χ4n) is 2.83. The van der Waals surface area contributed by atoms with E-state index in [4.69, 9.17) is 13.9 Å². The molecule has 1 rings (SSSR count). The van der Waals surface area contributed by atoms with Gasteiger partial charge < -0.3 is 19.0 Å². The zero-order valence-corrected chi connectivity index (χ0v) is 21.1. The van der Waals surface area contributed by atoms with E-state index in [2.05, 4.69) is 47.7 Å². The van der Waals surface area contributed by atoms with Crippen LogP contribution >= 0.6 is 0 Å². The van der Waals surface area contributed by atoms with Crippen molar-refractivity contribution in [3.63, 3.8) is 0 Å². The Bertz CT molecular complexity index is 578. The molecular weight excluding hydrogens is 380 g/mol. The van der Waals surface area contributed by atoms with Crippen LogP contribution in [-0.4, -0.2) is 39.3 Å². The van der Waals surface area contributed by atoms with E-state index in [1.165, 1.54) is 0 Å². The zero-order valence-electron chi connectivity index (χ0n) is 20.1. The number of aliphatic hydroxyl groups excluding tert-OH is 1. The lowest BCUT2D eigenvalue weighted by atomic mass is 9.92. The van der Waals surface area contributed by atoms with Gasteiger partial charge in [0.05, 0.1) is 25.9 Å². The quantitative estimate of drug-likeness (QED) is 0.416. The van der Waals surface area contributed by atoms with Gasteiger partial charge in [-0.2, -0.15) is 0 Å². The Labute approximate surface area is 180 Å². The monoisotopic (exact) mass is 424 g/mol. The van der Waals surface area contributed by atoms with Gasteiger partial charge in [-0.05, 0) is 61.5 Å². The average molecular weight is 425 g/mol. The molecule has 0 fully saturated rings. The van der Waals surface area contributed by atoms with Crippen molar-refractivity contribution < 1.29 is 19.0 Å². The van der Waals surface area contributed by atoms with Crippen molar-refractivity contribution in [1.29, 1.82) is 0 Å². The van der Waals surface area contributed by atoms with Crippen molar-refractivity contribution in [2.24, 2.45) is 11.8 Å². The average Bonchev–Trinajstić information content (AvgIpc) is 2.65. The van der Waals surface area contributed by atoms with Crippen molar-refractivity contribution in [1.82, 2.24) is 0 Å². The Kier molecular flexibility index (Phi) is 10.4. The molecule has 0 spiro atoms. The maximum atomic E-state index is 10.1. The molecule has 0 bridgehead atoms. The lowest BCUT2D eigenvalue weighted by Gasteiger charge is -2.37. The van der Waals surface area contributed by atoms with Crippen molar-refractivity contribution >= 4 is 8.32 Å². The molecule has 4 atom stereocenters. The van der Waals surface area contributed by atoms with Crippen LogP contribution in [0.2, 0.25) is 18.1 Å². The maximum Gasteiger partial charge on any atom is 0.191 e. The van der Waals surface area contributed by atoms with Gasteiger partial charge in [0.15, 0.2) is 8.32 Å². The van der Waals surface area contributed by atoms with E-state index in [1.807, 2.05) is 31.2 Å². The lowest BCUT2D eigenvalue weighted by Crippen LogP contribution is -2.41. The maximum absolute atomic E-state index is 10.1. The van der Waals surface area contributed by atoms with Crippen LogP contribution in [-0.2, 0) is 15.8 Å². The van der Waals surface area contributed by atoms with E-state index in [1.54, 1.807) is 7.11 Å². The third-order valence-corrected chi connectivity index (χ3v) is 11.0. The van der Waals surface area contributed by atoms with Crippen molar-refractivity contribution in [3.8, 4) is 5.75 Å². The molecule has 1 unspecified atom stereocenters. The summed E-state index contributed by atoms with van der Waals surface area (Å²) in [6.45, 7) is 18.9. The molecule has 29 heavy (non-hydrogen) atoms. The molecule has 0 radical (unpaired) electrons. The van der Waals surface area contributed by atoms with E-state index in [0.717, 1.165) is 30.8 Å². The number of hydrogen-bond acceptors (Lipinski definition) is 4. The Morgan fingerprint density at radius 2 is 1.59 bits per heavy atom. The van der Waals surface area contributed by atoms with Gasteiger partial charge in [-0.1, -0.05) is 46.8 Å². The first-order chi connectivity index (χ1) is 13.4. The standard InChI is InChI=1S/C24H44O4Si/c1-18(16-28-29(8,9)24(4,5)6)10-15-23(19(2)20(3)25)27-17-21-11-13-22(26-7)14-12-21/h11-14,18-20,23,25H,10,15-17H2,1-9H3/t18-,19-,20?,23+/m1/s1. The minimum Gasteiger partial charge on any atom is -0.497 e. The van der Waals surface area contributed by atoms with Crippen LogP contribution in [0.5, 0.6) is 5.75 Å². The van der Waals surface area contributed by atoms with Crippen molar-refractivity contribution in [2.45, 2.75) is 91.3 Å². The largest absolute Gasteiger partial charge is 0.497 e. The highest BCUT2D eigenvalue weighted by molar-refractivity contribution is 6.74. The summed E-state index contributed by atoms with van der Waals surface area (Å²) >= 11 is 0. The van der Waals surface area contributed by atoms with Crippen LogP contribution < -0.4 is 4.74 Å². The first kappa shape index (κ1) is 26.2. The second-order valence-electron chi connectivity index (χ2n) is 10.1. The summed E-state index contributed by atoms with van der Waals surface area (Å²) in [4.78, 5) is 0. The molecule has 0 aliphatic rings. The van der Waals surface area contributed by atoms with Gasteiger partial charge in [0.25, 0.3) is 0 Å². The third-order valence-electron chi connectivity index (χ3n) is 6.45. The predicted molar refractivity (Wildman–Crippen MR) is 124 cm³/mol. The Balaban J connectivity index is 2.59. The molecule has 1 aromatic carbocycles. The van der Waals surface area contributed by atoms with Gasteiger partial charge in [0.1, 0.15) is 5.75 Å². The van der Waals surface area contributed by atoms with E-state index in [-0.39, 0.29) is 17.1 Å². The molecule has 5 heteroatoms. The van der Waals surface area contributed by atoms with Crippen LogP contribution in [0, 0.1) is 11.8 Å². The minimum absolute atomic E-state index is 0.0208. The molecule has 0 amide bonds. The van der Waals surface area contributed by atoms with Gasteiger partial charge in [-0.15, -0.1) is 0 Å². The fourth-order valence-corrected chi connectivity index (χ4v) is 3.97. The highest BCUT2D eigenvalue weighted by atomic mass is 28.4. The van der Waals surface area contributed by atoms with Crippen LogP contribution in [0.3, 0.4) is 0 Å². The fraction of sp³-hybridized carbons (Fsp3) is 0.750. The number of benzene rings is 1. The molecule has 0 aromatic heterocycles. The van der Waals surface area contributed by atoms with Gasteiger partial charge in [0, 0.05) is 12.5 Å². The van der Waals surface area contributed by atoms with Crippen molar-refractivity contribution in [2.75, 3.05) is 13.7 Å². The predicted octanol–water partition coefficient (Wildman–Crippen LogP) is 6.04. The topological polar surface area (TPSA) is 47.9 Å². The van der Waals surface area contributed by atoms with Crippen LogP contribution in [0.15, 0.2) is 24.3 Å². The first-order valence-electron chi connectivity index (χ1n) is 10.9. The summed E-state index contributed by atoms with van der Waals surface area (Å²) in [6, 6.07) is 7.95. The molecule has 0 heterocycles. The van der Waals surface area contributed by atoms with Gasteiger partial charge in [0.2, 0.25) is 0 Å². The summed E-state index contributed by atoms with van der Waals surface area (Å²) < 4.78 is 17.8. The summed E-state index contributed by atoms with van der Waals surface area (Å²) in [5, 5.41) is 10.3. The molecule has 1 N–H and O–H groups in total. The normalized spacial score (nSPS) is 16.9. The molecular formula is C24H44O4Si. The number of rotatable bonds is 12. The van der Waals surface area contributed by atoms with Crippen molar-refractivity contribution in [3.05, 3.63) is 29.8 Å². The number of hydrogen-bond donors (Lipinski definition) is 1. The number of aliphatic hydroxyl groups is 1. The van der Waals surface area contributed by atoms with Gasteiger partial charge >= 0.3 is 0 Å². The van der Waals surface area contributed by atoms with E-state index >= 15 is 0 Å². The number of ether oxygens (including phenoxy) is 2. The summed E-state index contributed by atoms with van der Waals surface area (Å²) in [6.07, 6.45) is 1.57. The molecule has 1 aromatic rings. The van der Waals surface area contributed by atoms with Crippen LogP contribution in [0.25, 0.3) is 0 Å². The second-order valence-corrected chi connectivity index (χ2v) is 14.9. The molecule has 168 valence electrons. The summed E-state index contributed by atoms with van der Waals surface area (Å²) in [5.41, 5.74) is 1.11. The smallest absolute Gasteiger partial charge is 0.191 e. The third kappa shape index (κ3) is 8.79. The Morgan fingerprint density at radius 1 is 1.00 bits per heavy atom. The minimum atomic E-state index is -1.71. The molecule has 0 saturated carbocycles. The van der Waals surface area contributed by atoms with E-state index in [9.17, 15) is 5.11 Å². The van der Waals surface area contributed by atoms with Gasteiger partial charge in [-0.3, -0.25) is 0 Å². The summed E-state index contributed by atoms with van der Waals surface area (Å²) in [7, 11) is -0.0438. The van der Waals surface area contributed by atoms with Gasteiger partial charge in [-0.25, -0.2) is 0 Å². The van der Waals surface area contributed by atoms with E-state index < -0.39 is 14.4 Å². The van der Waals surface area contributed by atoms with Crippen LogP contribution in [0.1, 0.15) is 59.9 Å². The first-order valence-corrected chi connectivity index (χ1v) is 13.8. The molecule has 0 aliphatic heterocycles. The molecule has 4 nitrogen and oxygen atoms in total. The van der Waals surface area contributed by atoms with Crippen LogP contribution in [0.4, 0.5) is 0 Å². The zero-order chi connectivity index (χ0) is 22.2. The highest BCUT2D eigenvalue weighted by Crippen LogP contribution is 2.37. The second kappa shape index (κ2) is 11.5. The lowest BCUT2D eigenvalue weighted by molar-refractivity contribution is -0.0403. The molecule has 0 saturated heterocycles. The van der Waals surface area contributed by atoms with E-state index in [0.29, 0.717) is 12.5 Å².